The van der Waals surface area contributed by atoms with E-state index in [1.54, 1.807) is 0 Å². The van der Waals surface area contributed by atoms with Crippen molar-refractivity contribution in [2.24, 2.45) is 23.2 Å². The minimum atomic E-state index is -0.444. The maximum Gasteiger partial charge on any atom is 0.509 e. The molecule has 3 fully saturated rings. The smallest absolute Gasteiger partial charge is 0.430 e. The fourth-order valence-electron chi connectivity index (χ4n) is 5.13. The molecule has 1 saturated heterocycles. The van der Waals surface area contributed by atoms with Gasteiger partial charge in [0.05, 0.1) is 0 Å². The van der Waals surface area contributed by atoms with Crippen molar-refractivity contribution in [2.45, 2.75) is 71.5 Å². The van der Waals surface area contributed by atoms with Crippen LogP contribution in [0.25, 0.3) is 0 Å². The Balaban J connectivity index is 2.01. The van der Waals surface area contributed by atoms with Gasteiger partial charge in [0.2, 0.25) is 0 Å². The highest BCUT2D eigenvalue weighted by molar-refractivity contribution is 5.62. The van der Waals surface area contributed by atoms with Gasteiger partial charge < -0.3 is 9.47 Å². The van der Waals surface area contributed by atoms with Crippen molar-refractivity contribution < 1.29 is 14.3 Å². The highest BCUT2D eigenvalue weighted by atomic mass is 16.7. The molecule has 0 N–H and O–H groups in total. The number of carbonyl (C=O) groups excluding carboxylic acids is 1. The van der Waals surface area contributed by atoms with Crippen LogP contribution in [0.2, 0.25) is 0 Å². The number of rotatable bonds is 1. The van der Waals surface area contributed by atoms with Gasteiger partial charge in [-0.05, 0) is 56.3 Å². The monoisotopic (exact) mass is 266 g/mol. The molecule has 1 aliphatic heterocycles. The Labute approximate surface area is 116 Å². The van der Waals surface area contributed by atoms with Crippen molar-refractivity contribution in [1.29, 1.82) is 0 Å². The van der Waals surface area contributed by atoms with Crippen LogP contribution in [-0.4, -0.2) is 17.9 Å². The van der Waals surface area contributed by atoms with E-state index in [0.717, 1.165) is 12.8 Å². The summed E-state index contributed by atoms with van der Waals surface area (Å²) in [6.45, 7) is 9.00. The molecular weight excluding hydrogens is 240 g/mol. The summed E-state index contributed by atoms with van der Waals surface area (Å²) >= 11 is 0. The van der Waals surface area contributed by atoms with Crippen LogP contribution in [0.4, 0.5) is 4.79 Å². The van der Waals surface area contributed by atoms with Crippen molar-refractivity contribution in [3.8, 4) is 0 Å². The summed E-state index contributed by atoms with van der Waals surface area (Å²) in [5.74, 6) is 1.42. The lowest BCUT2D eigenvalue weighted by Crippen LogP contribution is -2.64. The fourth-order valence-corrected chi connectivity index (χ4v) is 5.13. The first kappa shape index (κ1) is 13.3. The van der Waals surface area contributed by atoms with Crippen LogP contribution in [0.3, 0.4) is 0 Å². The van der Waals surface area contributed by atoms with Crippen LogP contribution in [0.15, 0.2) is 0 Å². The fraction of sp³-hybridized carbons (Fsp3) is 0.938. The Hall–Kier alpha value is -0.730. The summed E-state index contributed by atoms with van der Waals surface area (Å²) in [6, 6.07) is 0. The Morgan fingerprint density at radius 2 is 1.95 bits per heavy atom. The van der Waals surface area contributed by atoms with E-state index in [1.165, 1.54) is 19.3 Å². The topological polar surface area (TPSA) is 35.5 Å². The molecule has 0 spiro atoms. The standard InChI is InChI=1S/C16H26O3/c1-10(2)11-6-9-15(3)7-5-8-16(4)13(15)12(11)18-14(17)19-16/h10-13H,5-9H2,1-4H3/t11-,12+,13-,15-,16-/m0/s1. The zero-order valence-electron chi connectivity index (χ0n) is 12.6. The summed E-state index contributed by atoms with van der Waals surface area (Å²) in [4.78, 5) is 11.9. The maximum absolute atomic E-state index is 11.9. The zero-order chi connectivity index (χ0) is 13.8. The van der Waals surface area contributed by atoms with Crippen LogP contribution < -0.4 is 0 Å². The van der Waals surface area contributed by atoms with Crippen LogP contribution in [0, 0.1) is 23.2 Å². The Morgan fingerprint density at radius 1 is 1.21 bits per heavy atom. The molecule has 108 valence electrons. The first-order chi connectivity index (χ1) is 8.86. The van der Waals surface area contributed by atoms with Gasteiger partial charge in [-0.3, -0.25) is 0 Å². The third kappa shape index (κ3) is 1.88. The highest BCUT2D eigenvalue weighted by Crippen LogP contribution is 2.59. The second kappa shape index (κ2) is 4.13. The van der Waals surface area contributed by atoms with Crippen LogP contribution in [0.1, 0.15) is 59.8 Å². The van der Waals surface area contributed by atoms with Gasteiger partial charge >= 0.3 is 6.16 Å². The molecule has 0 aromatic rings. The average Bonchev–Trinajstić information content (AvgIpc) is 2.26. The molecule has 3 rings (SSSR count). The van der Waals surface area contributed by atoms with Crippen molar-refractivity contribution in [2.75, 3.05) is 0 Å². The summed E-state index contributed by atoms with van der Waals surface area (Å²) in [6.07, 6.45) is 5.44. The lowest BCUT2D eigenvalue weighted by Gasteiger charge is -2.60. The molecule has 1 heterocycles. The van der Waals surface area contributed by atoms with Gasteiger partial charge in [0.1, 0.15) is 11.7 Å². The number of hydrogen-bond acceptors (Lipinski definition) is 3. The lowest BCUT2D eigenvalue weighted by atomic mass is 9.51. The predicted octanol–water partition coefficient (Wildman–Crippen LogP) is 4.15. The molecule has 0 bridgehead atoms. The van der Waals surface area contributed by atoms with E-state index >= 15 is 0 Å². The van der Waals surface area contributed by atoms with E-state index in [0.29, 0.717) is 17.8 Å². The minimum absolute atomic E-state index is 0.0605. The van der Waals surface area contributed by atoms with E-state index in [9.17, 15) is 4.79 Å². The minimum Gasteiger partial charge on any atom is -0.430 e. The summed E-state index contributed by atoms with van der Waals surface area (Å²) in [5, 5.41) is 0. The van der Waals surface area contributed by atoms with E-state index in [4.69, 9.17) is 9.47 Å². The van der Waals surface area contributed by atoms with Crippen molar-refractivity contribution in [3.05, 3.63) is 0 Å². The van der Waals surface area contributed by atoms with Crippen molar-refractivity contribution in [3.63, 3.8) is 0 Å². The van der Waals surface area contributed by atoms with Crippen molar-refractivity contribution in [1.82, 2.24) is 0 Å². The second-order valence-electron chi connectivity index (χ2n) is 7.68. The van der Waals surface area contributed by atoms with Crippen LogP contribution in [-0.2, 0) is 9.47 Å². The molecule has 3 nitrogen and oxygen atoms in total. The maximum atomic E-state index is 11.9. The molecular formula is C16H26O3. The zero-order valence-corrected chi connectivity index (χ0v) is 12.6. The average molecular weight is 266 g/mol. The van der Waals surface area contributed by atoms with Gasteiger partial charge in [-0.2, -0.15) is 0 Å². The summed E-state index contributed by atoms with van der Waals surface area (Å²) in [5.41, 5.74) is -0.0235. The van der Waals surface area contributed by atoms with Crippen molar-refractivity contribution >= 4 is 6.16 Å². The first-order valence-electron chi connectivity index (χ1n) is 7.75. The second-order valence-corrected chi connectivity index (χ2v) is 7.68. The van der Waals surface area contributed by atoms with Crippen LogP contribution in [0.5, 0.6) is 0 Å². The number of ether oxygens (including phenoxy) is 2. The number of carbonyl (C=O) groups is 1. The molecule has 0 unspecified atom stereocenters. The van der Waals surface area contributed by atoms with Gasteiger partial charge in [-0.25, -0.2) is 4.79 Å². The molecule has 19 heavy (non-hydrogen) atoms. The number of hydrogen-bond donors (Lipinski definition) is 0. The highest BCUT2D eigenvalue weighted by Gasteiger charge is 2.62. The van der Waals surface area contributed by atoms with Gasteiger partial charge in [-0.1, -0.05) is 20.8 Å². The molecule has 0 aromatic heterocycles. The third-order valence-corrected chi connectivity index (χ3v) is 6.03. The predicted molar refractivity (Wildman–Crippen MR) is 72.8 cm³/mol. The molecule has 5 atom stereocenters. The van der Waals surface area contributed by atoms with E-state index in [-0.39, 0.29) is 17.1 Å². The summed E-state index contributed by atoms with van der Waals surface area (Å²) < 4.78 is 11.3. The molecule has 2 aliphatic carbocycles. The lowest BCUT2D eigenvalue weighted by molar-refractivity contribution is -0.236. The quantitative estimate of drug-likeness (QED) is 0.669. The molecule has 3 aliphatic rings. The van der Waals surface area contributed by atoms with Gasteiger partial charge in [0, 0.05) is 5.92 Å². The molecule has 0 radical (unpaired) electrons. The Morgan fingerprint density at radius 3 is 2.63 bits per heavy atom. The van der Waals surface area contributed by atoms with E-state index < -0.39 is 6.16 Å². The normalized spacial score (nSPS) is 49.3. The SMILES string of the molecule is CC(C)[C@@H]1CC[C@]2(C)CCC[C@]3(C)OC(=O)O[C@H]1[C@@H]23. The van der Waals surface area contributed by atoms with Gasteiger partial charge in [0.15, 0.2) is 0 Å². The van der Waals surface area contributed by atoms with Gasteiger partial charge in [0.25, 0.3) is 0 Å². The molecule has 3 heteroatoms. The van der Waals surface area contributed by atoms with E-state index in [2.05, 4.69) is 27.7 Å². The molecule has 2 saturated carbocycles. The Bertz CT molecular complexity index is 391. The van der Waals surface area contributed by atoms with Gasteiger partial charge in [-0.15, -0.1) is 0 Å². The van der Waals surface area contributed by atoms with E-state index in [1.807, 2.05) is 0 Å². The first-order valence-corrected chi connectivity index (χ1v) is 7.75. The van der Waals surface area contributed by atoms with Crippen LogP contribution >= 0.6 is 0 Å². The largest absolute Gasteiger partial charge is 0.509 e. The third-order valence-electron chi connectivity index (χ3n) is 6.03. The molecule has 0 amide bonds. The molecule has 0 aromatic carbocycles. The summed E-state index contributed by atoms with van der Waals surface area (Å²) in [7, 11) is 0. The Kier molecular flexibility index (Phi) is 2.88.